The molecule has 0 spiro atoms. The average Bonchev–Trinajstić information content (AvgIpc) is 2.77. The van der Waals surface area contributed by atoms with E-state index in [2.05, 4.69) is 10.4 Å². The molecule has 0 aromatic carbocycles. The van der Waals surface area contributed by atoms with Crippen molar-refractivity contribution in [3.63, 3.8) is 0 Å². The van der Waals surface area contributed by atoms with Crippen molar-refractivity contribution in [2.24, 2.45) is 7.05 Å². The number of likely N-dealkylation sites (N-methyl/N-ethyl adjacent to an activating group) is 1. The largest absolute Gasteiger partial charge is 0.313 e. The molecule has 1 fully saturated rings. The highest BCUT2D eigenvalue weighted by molar-refractivity contribution is 7.89. The molecule has 6 nitrogen and oxygen atoms in total. The van der Waals surface area contributed by atoms with E-state index in [4.69, 9.17) is 0 Å². The summed E-state index contributed by atoms with van der Waals surface area (Å²) in [5, 5.41) is 7.51. The summed E-state index contributed by atoms with van der Waals surface area (Å²) in [7, 11) is -1.76. The van der Waals surface area contributed by atoms with E-state index in [1.54, 1.807) is 17.4 Å². The summed E-state index contributed by atoms with van der Waals surface area (Å²) < 4.78 is 27.9. The molecule has 1 aliphatic rings. The maximum atomic E-state index is 12.5. The third kappa shape index (κ3) is 2.57. The van der Waals surface area contributed by atoms with Crippen molar-refractivity contribution < 1.29 is 8.42 Å². The van der Waals surface area contributed by atoms with Gasteiger partial charge in [-0.25, -0.2) is 8.42 Å². The van der Waals surface area contributed by atoms with Crippen molar-refractivity contribution in [2.75, 3.05) is 19.6 Å². The first-order valence-corrected chi connectivity index (χ1v) is 7.71. The van der Waals surface area contributed by atoms with Gasteiger partial charge in [0.2, 0.25) is 0 Å². The van der Waals surface area contributed by atoms with Crippen LogP contribution in [0.4, 0.5) is 0 Å². The zero-order valence-electron chi connectivity index (χ0n) is 10.8. The number of hydrogen-bond donors (Lipinski definition) is 1. The van der Waals surface area contributed by atoms with Crippen LogP contribution in [0.1, 0.15) is 19.8 Å². The van der Waals surface area contributed by atoms with Crippen molar-refractivity contribution in [2.45, 2.75) is 30.8 Å². The van der Waals surface area contributed by atoms with Gasteiger partial charge in [-0.15, -0.1) is 0 Å². The monoisotopic (exact) mass is 272 g/mol. The van der Waals surface area contributed by atoms with Crippen LogP contribution in [0.5, 0.6) is 0 Å². The minimum Gasteiger partial charge on any atom is -0.313 e. The third-order valence-electron chi connectivity index (χ3n) is 3.26. The zero-order valence-corrected chi connectivity index (χ0v) is 11.7. The molecule has 18 heavy (non-hydrogen) atoms. The predicted octanol–water partition coefficient (Wildman–Crippen LogP) is 0.183. The molecule has 0 radical (unpaired) electrons. The molecule has 2 heterocycles. The number of nitrogens with zero attached hydrogens (tertiary/aromatic N) is 3. The summed E-state index contributed by atoms with van der Waals surface area (Å²) in [5.41, 5.74) is 0. The first-order chi connectivity index (χ1) is 8.55. The van der Waals surface area contributed by atoms with Crippen LogP contribution in [0.3, 0.4) is 0 Å². The predicted molar refractivity (Wildman–Crippen MR) is 68.7 cm³/mol. The Hall–Kier alpha value is -0.920. The number of aromatic nitrogens is 2. The Morgan fingerprint density at radius 2 is 2.33 bits per heavy atom. The summed E-state index contributed by atoms with van der Waals surface area (Å²) >= 11 is 0. The van der Waals surface area contributed by atoms with Crippen molar-refractivity contribution in [3.05, 3.63) is 12.3 Å². The van der Waals surface area contributed by atoms with Crippen LogP contribution in [-0.2, 0) is 17.1 Å². The van der Waals surface area contributed by atoms with Crippen molar-refractivity contribution in [3.8, 4) is 0 Å². The number of rotatable bonds is 4. The fourth-order valence-electron chi connectivity index (χ4n) is 2.36. The molecular weight excluding hydrogens is 252 g/mol. The first kappa shape index (κ1) is 13.5. The molecule has 1 aliphatic heterocycles. The second kappa shape index (κ2) is 5.38. The summed E-state index contributed by atoms with van der Waals surface area (Å²) in [6.07, 6.45) is 3.44. The second-order valence-corrected chi connectivity index (χ2v) is 6.44. The lowest BCUT2D eigenvalue weighted by atomic mass is 10.1. The van der Waals surface area contributed by atoms with Crippen molar-refractivity contribution in [1.29, 1.82) is 0 Å². The van der Waals surface area contributed by atoms with Gasteiger partial charge >= 0.3 is 0 Å². The zero-order chi connectivity index (χ0) is 13.2. The molecule has 1 aromatic rings. The molecule has 1 saturated heterocycles. The van der Waals surface area contributed by atoms with Gasteiger partial charge in [-0.3, -0.25) is 4.68 Å². The van der Waals surface area contributed by atoms with Gasteiger partial charge in [-0.05, 0) is 25.5 Å². The van der Waals surface area contributed by atoms with E-state index in [-0.39, 0.29) is 11.1 Å². The molecule has 0 saturated carbocycles. The Bertz CT molecular complexity index is 495. The van der Waals surface area contributed by atoms with E-state index in [0.29, 0.717) is 13.1 Å². The number of aryl methyl sites for hydroxylation is 1. The third-order valence-corrected chi connectivity index (χ3v) is 5.20. The lowest BCUT2D eigenvalue weighted by molar-refractivity contribution is 0.284. The highest BCUT2D eigenvalue weighted by Gasteiger charge is 2.31. The molecule has 7 heteroatoms. The van der Waals surface area contributed by atoms with Gasteiger partial charge in [-0.1, -0.05) is 6.92 Å². The van der Waals surface area contributed by atoms with Crippen LogP contribution in [0, 0.1) is 0 Å². The molecule has 0 aliphatic carbocycles. The van der Waals surface area contributed by atoms with Crippen molar-refractivity contribution in [1.82, 2.24) is 19.4 Å². The van der Waals surface area contributed by atoms with Crippen LogP contribution in [0.15, 0.2) is 17.3 Å². The molecule has 102 valence electrons. The first-order valence-electron chi connectivity index (χ1n) is 6.27. The number of piperidine rings is 1. The maximum absolute atomic E-state index is 12.5. The Labute approximate surface area is 108 Å². The van der Waals surface area contributed by atoms with Gasteiger partial charge in [-0.2, -0.15) is 9.40 Å². The van der Waals surface area contributed by atoms with E-state index in [0.717, 1.165) is 19.4 Å². The lowest BCUT2D eigenvalue weighted by Gasteiger charge is -2.32. The topological polar surface area (TPSA) is 67.2 Å². The molecule has 2 rings (SSSR count). The summed E-state index contributed by atoms with van der Waals surface area (Å²) in [6, 6.07) is 1.80. The molecule has 1 atom stereocenters. The fraction of sp³-hybridized carbons (Fsp3) is 0.727. The second-order valence-electron chi connectivity index (χ2n) is 4.55. The molecule has 1 aromatic heterocycles. The maximum Gasteiger partial charge on any atom is 0.260 e. The van der Waals surface area contributed by atoms with Crippen LogP contribution in [0.2, 0.25) is 0 Å². The highest BCUT2D eigenvalue weighted by atomic mass is 32.2. The number of hydrogen-bond acceptors (Lipinski definition) is 4. The number of nitrogens with one attached hydrogen (secondary N) is 1. The lowest BCUT2D eigenvalue weighted by Crippen LogP contribution is -2.48. The Morgan fingerprint density at radius 1 is 1.56 bits per heavy atom. The Kier molecular flexibility index (Phi) is 4.04. The van der Waals surface area contributed by atoms with Crippen LogP contribution in [-0.4, -0.2) is 48.2 Å². The standard InChI is InChI=1S/C11H20N4O2S/c1-3-12-10-5-4-8-15(9-10)18(16,17)11-6-7-13-14(11)2/h6-7,10,12H,3-5,8-9H2,1-2H3. The quantitative estimate of drug-likeness (QED) is 0.849. The van der Waals surface area contributed by atoms with Gasteiger partial charge in [0.05, 0.1) is 6.20 Å². The molecule has 0 bridgehead atoms. The minimum absolute atomic E-state index is 0.256. The Balaban J connectivity index is 2.18. The SMILES string of the molecule is CCNC1CCCN(S(=O)(=O)c2ccnn2C)C1. The van der Waals surface area contributed by atoms with E-state index in [9.17, 15) is 8.42 Å². The summed E-state index contributed by atoms with van der Waals surface area (Å²) in [4.78, 5) is 0. The van der Waals surface area contributed by atoms with E-state index in [1.165, 1.54) is 10.9 Å². The molecule has 1 N–H and O–H groups in total. The van der Waals surface area contributed by atoms with E-state index < -0.39 is 10.0 Å². The van der Waals surface area contributed by atoms with Gasteiger partial charge in [0.25, 0.3) is 10.0 Å². The normalized spacial score (nSPS) is 22.2. The van der Waals surface area contributed by atoms with Crippen LogP contribution < -0.4 is 5.32 Å². The van der Waals surface area contributed by atoms with Crippen LogP contribution >= 0.6 is 0 Å². The molecular formula is C11H20N4O2S. The van der Waals surface area contributed by atoms with Gasteiger partial charge in [0, 0.05) is 26.2 Å². The van der Waals surface area contributed by atoms with E-state index >= 15 is 0 Å². The van der Waals surface area contributed by atoms with Gasteiger partial charge in [0.1, 0.15) is 0 Å². The average molecular weight is 272 g/mol. The van der Waals surface area contributed by atoms with Gasteiger partial charge in [0.15, 0.2) is 5.03 Å². The number of sulfonamides is 1. The van der Waals surface area contributed by atoms with E-state index in [1.807, 2.05) is 6.92 Å². The summed E-state index contributed by atoms with van der Waals surface area (Å²) in [5.74, 6) is 0. The summed E-state index contributed by atoms with van der Waals surface area (Å²) in [6.45, 7) is 4.04. The highest BCUT2D eigenvalue weighted by Crippen LogP contribution is 2.19. The molecule has 1 unspecified atom stereocenters. The van der Waals surface area contributed by atoms with Crippen LogP contribution in [0.25, 0.3) is 0 Å². The van der Waals surface area contributed by atoms with Crippen molar-refractivity contribution >= 4 is 10.0 Å². The molecule has 0 amide bonds. The Morgan fingerprint density at radius 3 is 2.94 bits per heavy atom. The fourth-order valence-corrected chi connectivity index (χ4v) is 3.99. The van der Waals surface area contributed by atoms with Gasteiger partial charge < -0.3 is 5.32 Å². The smallest absolute Gasteiger partial charge is 0.260 e. The minimum atomic E-state index is -3.41.